The highest BCUT2D eigenvalue weighted by Gasteiger charge is 2.34. The van der Waals surface area contributed by atoms with E-state index in [1.165, 1.54) is 22.0 Å². The van der Waals surface area contributed by atoms with Crippen molar-refractivity contribution in [1.82, 2.24) is 4.57 Å². The first kappa shape index (κ1) is 17.0. The van der Waals surface area contributed by atoms with E-state index in [2.05, 4.69) is 15.9 Å². The van der Waals surface area contributed by atoms with Crippen molar-refractivity contribution in [2.75, 3.05) is 0 Å². The van der Waals surface area contributed by atoms with Crippen LogP contribution in [0.4, 0.5) is 0 Å². The van der Waals surface area contributed by atoms with Gasteiger partial charge in [0, 0.05) is 18.8 Å². The molecule has 0 saturated carbocycles. The lowest BCUT2D eigenvalue weighted by Gasteiger charge is -2.09. The molecule has 0 fully saturated rings. The molecule has 0 spiro atoms. The summed E-state index contributed by atoms with van der Waals surface area (Å²) in [5.41, 5.74) is 1.53. The summed E-state index contributed by atoms with van der Waals surface area (Å²) in [4.78, 5) is 25.0. The fourth-order valence-electron chi connectivity index (χ4n) is 1.77. The minimum Gasteiger partial charge on any atom is -0.347 e. The van der Waals surface area contributed by atoms with Gasteiger partial charge in [-0.2, -0.15) is 0 Å². The molecule has 0 unspecified atom stereocenters. The number of hydrogen-bond donors (Lipinski definition) is 0. The number of carbonyl (C=O) groups is 2. The predicted octanol–water partition coefficient (Wildman–Crippen LogP) is 4.94. The van der Waals surface area contributed by atoms with Gasteiger partial charge in [-0.15, -0.1) is 11.3 Å². The van der Waals surface area contributed by atoms with E-state index in [4.69, 9.17) is 34.8 Å². The number of aryl methyl sites for hydroxylation is 2. The number of ketones is 2. The van der Waals surface area contributed by atoms with E-state index < -0.39 is 9.58 Å². The summed E-state index contributed by atoms with van der Waals surface area (Å²) < 4.78 is 0.335. The average Bonchev–Trinajstić information content (AvgIpc) is 2.91. The molecule has 0 radical (unpaired) electrons. The van der Waals surface area contributed by atoms with E-state index >= 15 is 0 Å². The summed E-state index contributed by atoms with van der Waals surface area (Å²) in [6, 6.07) is 3.23. The zero-order valence-electron chi connectivity index (χ0n) is 10.9. The second-order valence-electron chi connectivity index (χ2n) is 4.45. The van der Waals surface area contributed by atoms with Crippen LogP contribution in [0, 0.1) is 6.92 Å². The number of alkyl halides is 3. The molecular weight excluding hydrogens is 420 g/mol. The van der Waals surface area contributed by atoms with Gasteiger partial charge < -0.3 is 4.57 Å². The molecule has 0 bridgehead atoms. The Hall–Kier alpha value is -0.330. The first-order valence-corrected chi connectivity index (χ1v) is 8.44. The minimum atomic E-state index is -2.05. The Morgan fingerprint density at radius 1 is 1.29 bits per heavy atom. The summed E-state index contributed by atoms with van der Waals surface area (Å²) in [5.74, 6) is -0.842. The third-order valence-electron chi connectivity index (χ3n) is 2.84. The summed E-state index contributed by atoms with van der Waals surface area (Å²) in [5, 5.41) is 0. The number of Topliss-reactive ketones (excluding diaryl/α,β-unsaturated/α-hetero) is 1. The summed E-state index contributed by atoms with van der Waals surface area (Å²) in [7, 11) is 1.62. The van der Waals surface area contributed by atoms with Crippen LogP contribution in [0.3, 0.4) is 0 Å². The number of carbonyl (C=O) groups excluding carboxylic acids is 2. The molecule has 0 atom stereocenters. The number of halogens is 4. The maximum atomic E-state index is 12.4. The standard InChI is InChI=1S/C13H9BrCl3NO2S/c1-6-3-9(21-12(6)14)10(19)7-4-8(18(2)5-7)11(20)13(15,16)17/h3-5H,1-2H3. The first-order valence-electron chi connectivity index (χ1n) is 5.69. The number of hydrogen-bond acceptors (Lipinski definition) is 3. The van der Waals surface area contributed by atoms with E-state index in [1.807, 2.05) is 6.92 Å². The van der Waals surface area contributed by atoms with E-state index in [0.717, 1.165) is 9.35 Å². The van der Waals surface area contributed by atoms with Gasteiger partial charge in [0.2, 0.25) is 11.6 Å². The molecule has 2 rings (SSSR count). The molecule has 0 aliphatic rings. The molecular formula is C13H9BrCl3NO2S. The highest BCUT2D eigenvalue weighted by Crippen LogP contribution is 2.32. The van der Waals surface area contributed by atoms with Crippen molar-refractivity contribution >= 4 is 73.6 Å². The maximum Gasteiger partial charge on any atom is 0.255 e. The fraction of sp³-hybridized carbons (Fsp3) is 0.231. The number of aromatic nitrogens is 1. The lowest BCUT2D eigenvalue weighted by Crippen LogP contribution is -2.21. The van der Waals surface area contributed by atoms with Crippen molar-refractivity contribution < 1.29 is 9.59 Å². The van der Waals surface area contributed by atoms with Gasteiger partial charge in [-0.05, 0) is 40.5 Å². The first-order chi connectivity index (χ1) is 9.61. The van der Waals surface area contributed by atoms with Gasteiger partial charge in [0.05, 0.1) is 14.4 Å². The van der Waals surface area contributed by atoms with Crippen molar-refractivity contribution in [3.8, 4) is 0 Å². The average molecular weight is 430 g/mol. The molecule has 2 aromatic rings. The summed E-state index contributed by atoms with van der Waals surface area (Å²) >= 11 is 21.5. The number of thiophene rings is 1. The molecule has 0 aliphatic carbocycles. The Bertz CT molecular complexity index is 711. The van der Waals surface area contributed by atoms with E-state index in [-0.39, 0.29) is 11.5 Å². The van der Waals surface area contributed by atoms with Crippen LogP contribution in [0.2, 0.25) is 0 Å². The van der Waals surface area contributed by atoms with E-state index in [1.54, 1.807) is 19.3 Å². The molecule has 21 heavy (non-hydrogen) atoms. The smallest absolute Gasteiger partial charge is 0.255 e. The fourth-order valence-corrected chi connectivity index (χ4v) is 3.56. The second kappa shape index (κ2) is 6.05. The van der Waals surface area contributed by atoms with Crippen LogP contribution in [-0.2, 0) is 7.05 Å². The Kier molecular flexibility index (Phi) is 4.90. The third-order valence-corrected chi connectivity index (χ3v) is 5.49. The molecule has 0 N–H and O–H groups in total. The van der Waals surface area contributed by atoms with E-state index in [0.29, 0.717) is 10.4 Å². The predicted molar refractivity (Wildman–Crippen MR) is 90.2 cm³/mol. The van der Waals surface area contributed by atoms with Crippen LogP contribution in [0.25, 0.3) is 0 Å². The Morgan fingerprint density at radius 3 is 2.38 bits per heavy atom. The van der Waals surface area contributed by atoms with Crippen LogP contribution in [0.1, 0.15) is 31.3 Å². The molecule has 3 nitrogen and oxygen atoms in total. The monoisotopic (exact) mass is 427 g/mol. The van der Waals surface area contributed by atoms with Gasteiger partial charge in [-0.1, -0.05) is 34.8 Å². The van der Waals surface area contributed by atoms with Crippen molar-refractivity contribution in [3.63, 3.8) is 0 Å². The quantitative estimate of drug-likeness (QED) is 0.512. The lowest BCUT2D eigenvalue weighted by atomic mass is 10.1. The maximum absolute atomic E-state index is 12.4. The molecule has 0 aromatic carbocycles. The third kappa shape index (κ3) is 3.54. The Morgan fingerprint density at radius 2 is 1.90 bits per heavy atom. The largest absolute Gasteiger partial charge is 0.347 e. The van der Waals surface area contributed by atoms with Crippen LogP contribution in [0.5, 0.6) is 0 Å². The van der Waals surface area contributed by atoms with E-state index in [9.17, 15) is 9.59 Å². The van der Waals surface area contributed by atoms with Crippen molar-refractivity contribution in [2.45, 2.75) is 10.7 Å². The summed E-state index contributed by atoms with van der Waals surface area (Å²) in [6.45, 7) is 1.90. The summed E-state index contributed by atoms with van der Waals surface area (Å²) in [6.07, 6.45) is 1.55. The minimum absolute atomic E-state index is 0.172. The second-order valence-corrected chi connectivity index (χ2v) is 9.10. The number of rotatable bonds is 3. The molecule has 2 heterocycles. The van der Waals surface area contributed by atoms with Crippen molar-refractivity contribution in [2.24, 2.45) is 7.05 Å². The Balaban J connectivity index is 2.39. The molecule has 8 heteroatoms. The Labute approximate surface area is 148 Å². The van der Waals surface area contributed by atoms with Crippen LogP contribution >= 0.6 is 62.1 Å². The molecule has 2 aromatic heterocycles. The number of nitrogens with zero attached hydrogens (tertiary/aromatic N) is 1. The van der Waals surface area contributed by atoms with Crippen LogP contribution in [-0.4, -0.2) is 19.9 Å². The van der Waals surface area contributed by atoms with Crippen molar-refractivity contribution in [3.05, 3.63) is 43.8 Å². The normalized spacial score (nSPS) is 11.7. The molecule has 0 saturated heterocycles. The zero-order chi connectivity index (χ0) is 15.9. The van der Waals surface area contributed by atoms with Crippen LogP contribution in [0.15, 0.2) is 22.1 Å². The van der Waals surface area contributed by atoms with Crippen LogP contribution < -0.4 is 0 Å². The van der Waals surface area contributed by atoms with Gasteiger partial charge in [-0.3, -0.25) is 9.59 Å². The highest BCUT2D eigenvalue weighted by molar-refractivity contribution is 9.11. The van der Waals surface area contributed by atoms with Gasteiger partial charge in [0.25, 0.3) is 3.79 Å². The lowest BCUT2D eigenvalue weighted by molar-refractivity contribution is 0.0988. The zero-order valence-corrected chi connectivity index (χ0v) is 15.6. The van der Waals surface area contributed by atoms with Gasteiger partial charge in [0.1, 0.15) is 0 Å². The van der Waals surface area contributed by atoms with Gasteiger partial charge in [-0.25, -0.2) is 0 Å². The van der Waals surface area contributed by atoms with Gasteiger partial charge in [0.15, 0.2) is 0 Å². The topological polar surface area (TPSA) is 39.1 Å². The highest BCUT2D eigenvalue weighted by atomic mass is 79.9. The van der Waals surface area contributed by atoms with Crippen molar-refractivity contribution in [1.29, 1.82) is 0 Å². The molecule has 0 amide bonds. The molecule has 0 aliphatic heterocycles. The van der Waals surface area contributed by atoms with Gasteiger partial charge >= 0.3 is 0 Å². The SMILES string of the molecule is Cc1cc(C(=O)c2cc(C(=O)C(Cl)(Cl)Cl)n(C)c2)sc1Br. The molecule has 112 valence electrons.